The fraction of sp³-hybridized carbons (Fsp3) is 0.267. The Morgan fingerprint density at radius 3 is 2.12 bits per heavy atom. The van der Waals surface area contributed by atoms with E-state index in [1.807, 2.05) is 0 Å². The van der Waals surface area contributed by atoms with Crippen molar-refractivity contribution in [2.45, 2.75) is 89.4 Å². The van der Waals surface area contributed by atoms with Gasteiger partial charge in [0.2, 0.25) is 0 Å². The Morgan fingerprint density at radius 2 is 1.25 bits per heavy atom. The first kappa shape index (κ1) is 35.1. The second kappa shape index (κ2) is 13.9. The van der Waals surface area contributed by atoms with Crippen molar-refractivity contribution in [1.29, 1.82) is 0 Å². The highest BCUT2D eigenvalue weighted by atomic mass is 14.4. The molecule has 0 radical (unpaired) electrons. The van der Waals surface area contributed by atoms with Gasteiger partial charge >= 0.3 is 0 Å². The molecule has 0 spiro atoms. The van der Waals surface area contributed by atoms with Crippen molar-refractivity contribution in [3.05, 3.63) is 204 Å². The van der Waals surface area contributed by atoms with Crippen LogP contribution in [-0.4, -0.2) is 0 Å². The highest BCUT2D eigenvalue weighted by Gasteiger charge is 2.32. The molecule has 0 nitrogen and oxygen atoms in total. The van der Waals surface area contributed by atoms with Gasteiger partial charge in [0, 0.05) is 17.8 Å². The zero-order chi connectivity index (χ0) is 39.3. The summed E-state index contributed by atoms with van der Waals surface area (Å²) in [6.45, 7) is 0. The number of hydrogen-bond acceptors (Lipinski definition) is 0. The van der Waals surface area contributed by atoms with E-state index in [1.54, 1.807) is 39.0 Å². The molecule has 0 aromatic heterocycles. The molecule has 0 saturated carbocycles. The number of benzene rings is 4. The van der Waals surface area contributed by atoms with Gasteiger partial charge in [-0.3, -0.25) is 0 Å². The van der Waals surface area contributed by atoms with Crippen LogP contribution in [0, 0.1) is 11.8 Å². The van der Waals surface area contributed by atoms with Crippen LogP contribution in [0.25, 0.3) is 50.9 Å². The van der Waals surface area contributed by atoms with Gasteiger partial charge in [-0.25, -0.2) is 0 Å². The van der Waals surface area contributed by atoms with E-state index in [0.717, 1.165) is 70.6 Å². The summed E-state index contributed by atoms with van der Waals surface area (Å²) in [6.07, 6.45) is 54.0. The Bertz CT molecular complexity index is 3110. The molecule has 3 unspecified atom stereocenters. The van der Waals surface area contributed by atoms with E-state index in [1.165, 1.54) is 89.4 Å². The average Bonchev–Trinajstić information content (AvgIpc) is 3.31. The van der Waals surface area contributed by atoms with E-state index in [-0.39, 0.29) is 0 Å². The van der Waals surface area contributed by atoms with Gasteiger partial charge in [-0.05, 0) is 223 Å². The third kappa shape index (κ3) is 5.49. The molecule has 0 aliphatic heterocycles. The average molecular weight is 773 g/mol. The lowest BCUT2D eigenvalue weighted by Gasteiger charge is -2.33. The summed E-state index contributed by atoms with van der Waals surface area (Å²) in [4.78, 5) is 0. The number of fused-ring (bicyclic) bond motifs is 4. The molecular weight excluding hydrogens is 721 g/mol. The molecule has 60 heavy (non-hydrogen) atoms. The number of allylic oxidation sites excluding steroid dienone is 21. The maximum atomic E-state index is 2.72. The van der Waals surface area contributed by atoms with Crippen molar-refractivity contribution in [1.82, 2.24) is 0 Å². The summed E-state index contributed by atoms with van der Waals surface area (Å²) >= 11 is 0. The Labute approximate surface area is 354 Å². The van der Waals surface area contributed by atoms with Crippen molar-refractivity contribution in [3.8, 4) is 0 Å². The minimum Gasteiger partial charge on any atom is -0.0839 e. The van der Waals surface area contributed by atoms with Gasteiger partial charge < -0.3 is 0 Å². The molecule has 0 heteroatoms. The van der Waals surface area contributed by atoms with Gasteiger partial charge in [-0.2, -0.15) is 0 Å². The molecule has 0 bridgehead atoms. The predicted molar refractivity (Wildman–Crippen MR) is 255 cm³/mol. The zero-order valence-electron chi connectivity index (χ0n) is 34.7. The monoisotopic (exact) mass is 772 g/mol. The molecule has 0 heterocycles. The summed E-state index contributed by atoms with van der Waals surface area (Å²) in [5, 5.41) is 8.83. The maximum Gasteiger partial charge on any atom is 0.00739 e. The van der Waals surface area contributed by atoms with Crippen LogP contribution in [0.4, 0.5) is 0 Å². The summed E-state index contributed by atoms with van der Waals surface area (Å²) in [5.74, 6) is 1.16. The minimum absolute atomic E-state index is 0.330. The largest absolute Gasteiger partial charge is 0.0839 e. The van der Waals surface area contributed by atoms with Crippen LogP contribution in [-0.2, 0) is 19.3 Å². The third-order valence-electron chi connectivity index (χ3n) is 15.6. The molecule has 13 rings (SSSR count). The molecule has 3 atom stereocenters. The summed E-state index contributed by atoms with van der Waals surface area (Å²) in [6, 6.07) is 17.6. The van der Waals surface area contributed by atoms with Gasteiger partial charge in [-0.1, -0.05) is 115 Å². The highest BCUT2D eigenvalue weighted by Crippen LogP contribution is 2.47. The standard InChI is InChI=1S/C60H52/c1-5-21-47-37(13-1)17-9-25-51(47)41-29-45-30-42(52-26-10-18-38-14-2-6-22-48(38)52)35-57-58-36-44(54-28-12-20-40-16-4-8-24-50(40)54)32-46-31-43(34-56(60(46)58)55(33-41)59(45)57)53-27-11-19-39-15-3-7-23-49(39)53/h1-3,5,8-9,12-15,20-21,24-34,37,42,44H,4,6-7,10-11,16-19,22-23,35-36H2. The molecule has 9 aliphatic carbocycles. The first-order chi connectivity index (χ1) is 29.7. The Morgan fingerprint density at radius 1 is 0.533 bits per heavy atom. The zero-order valence-corrected chi connectivity index (χ0v) is 34.7. The fourth-order valence-electron chi connectivity index (χ4n) is 12.9. The highest BCUT2D eigenvalue weighted by molar-refractivity contribution is 6.14. The Hall–Kier alpha value is -5.72. The van der Waals surface area contributed by atoms with Gasteiger partial charge in [0.15, 0.2) is 0 Å². The minimum atomic E-state index is 0.330. The Kier molecular flexibility index (Phi) is 8.14. The van der Waals surface area contributed by atoms with Crippen molar-refractivity contribution >= 4 is 50.9 Å². The van der Waals surface area contributed by atoms with Gasteiger partial charge in [0.1, 0.15) is 0 Å². The van der Waals surface area contributed by atoms with Crippen LogP contribution in [0.1, 0.15) is 109 Å². The molecule has 0 fully saturated rings. The van der Waals surface area contributed by atoms with E-state index in [0.29, 0.717) is 17.8 Å². The Balaban J connectivity index is 1.12. The van der Waals surface area contributed by atoms with Crippen LogP contribution < -0.4 is 10.4 Å². The van der Waals surface area contributed by atoms with Crippen molar-refractivity contribution in [2.24, 2.45) is 11.8 Å². The molecule has 9 aliphatic rings. The third-order valence-corrected chi connectivity index (χ3v) is 15.6. The van der Waals surface area contributed by atoms with Crippen LogP contribution in [0.2, 0.25) is 0 Å². The molecular formula is C60H52. The lowest BCUT2D eigenvalue weighted by Crippen LogP contribution is -2.26. The molecule has 0 N–H and O–H groups in total. The fourth-order valence-corrected chi connectivity index (χ4v) is 12.9. The van der Waals surface area contributed by atoms with E-state index < -0.39 is 0 Å². The smallest absolute Gasteiger partial charge is 0.00739 e. The lowest BCUT2D eigenvalue weighted by atomic mass is 9.71. The summed E-state index contributed by atoms with van der Waals surface area (Å²) < 4.78 is 0. The number of rotatable bonds is 4. The van der Waals surface area contributed by atoms with Crippen LogP contribution in [0.3, 0.4) is 0 Å². The molecule has 0 amide bonds. The summed E-state index contributed by atoms with van der Waals surface area (Å²) in [5.41, 5.74) is 22.9. The van der Waals surface area contributed by atoms with Crippen molar-refractivity contribution in [3.63, 3.8) is 0 Å². The van der Waals surface area contributed by atoms with Gasteiger partial charge in [-0.15, -0.1) is 0 Å². The SMILES string of the molecule is C1=CC2=C(c3cc4c5c(c6c7c(cc(C8=CCCC9=C8CCC=C9)cc7c5c3)=CC(c3cccc5c3C=CCC5)C6)CC(C3=CCCC5=C3CCC=C5)C=4)C=CCC2C=C1. The van der Waals surface area contributed by atoms with E-state index in [4.69, 9.17) is 0 Å². The first-order valence-electron chi connectivity index (χ1n) is 23.2. The normalized spacial score (nSPS) is 24.5. The molecule has 292 valence electrons. The van der Waals surface area contributed by atoms with Crippen LogP contribution in [0.5, 0.6) is 0 Å². The molecule has 0 saturated heterocycles. The van der Waals surface area contributed by atoms with E-state index in [2.05, 4.69) is 140 Å². The quantitative estimate of drug-likeness (QED) is 0.181. The summed E-state index contributed by atoms with van der Waals surface area (Å²) in [7, 11) is 0. The van der Waals surface area contributed by atoms with Gasteiger partial charge in [0.25, 0.3) is 0 Å². The number of aryl methyl sites for hydroxylation is 1. The van der Waals surface area contributed by atoms with Crippen LogP contribution >= 0.6 is 0 Å². The molecule has 4 aromatic rings. The van der Waals surface area contributed by atoms with Crippen molar-refractivity contribution in [2.75, 3.05) is 0 Å². The molecule has 4 aromatic carbocycles. The van der Waals surface area contributed by atoms with Gasteiger partial charge in [0.05, 0.1) is 0 Å². The lowest BCUT2D eigenvalue weighted by molar-refractivity contribution is 0.731. The van der Waals surface area contributed by atoms with E-state index in [9.17, 15) is 0 Å². The predicted octanol–water partition coefficient (Wildman–Crippen LogP) is 13.7. The maximum absolute atomic E-state index is 2.72. The van der Waals surface area contributed by atoms with Crippen LogP contribution in [0.15, 0.2) is 155 Å². The second-order valence-electron chi connectivity index (χ2n) is 18.9. The second-order valence-corrected chi connectivity index (χ2v) is 18.9. The first-order valence-corrected chi connectivity index (χ1v) is 23.2. The topological polar surface area (TPSA) is 0 Å². The van der Waals surface area contributed by atoms with Crippen molar-refractivity contribution < 1.29 is 0 Å². The van der Waals surface area contributed by atoms with E-state index >= 15 is 0 Å². The number of hydrogen-bond donors (Lipinski definition) is 0.